The van der Waals surface area contributed by atoms with E-state index in [-0.39, 0.29) is 5.91 Å². The fourth-order valence-corrected chi connectivity index (χ4v) is 3.12. The Labute approximate surface area is 156 Å². The van der Waals surface area contributed by atoms with E-state index in [1.807, 2.05) is 21.9 Å². The van der Waals surface area contributed by atoms with Gasteiger partial charge in [-0.2, -0.15) is 5.10 Å². The van der Waals surface area contributed by atoms with Gasteiger partial charge in [-0.3, -0.25) is 9.48 Å². The van der Waals surface area contributed by atoms with Crippen molar-refractivity contribution in [3.8, 4) is 0 Å². The van der Waals surface area contributed by atoms with Crippen LogP contribution in [0.4, 0.5) is 5.69 Å². The maximum absolute atomic E-state index is 12.9. The fourth-order valence-electron chi connectivity index (χ4n) is 3.12. The van der Waals surface area contributed by atoms with Crippen LogP contribution < -0.4 is 11.5 Å². The van der Waals surface area contributed by atoms with Crippen molar-refractivity contribution in [2.45, 2.75) is 58.9 Å². The molecule has 0 radical (unpaired) electrons. The number of amides is 1. The average Bonchev–Trinajstić information content (AvgIpc) is 2.91. The molecule has 0 spiro atoms. The van der Waals surface area contributed by atoms with Gasteiger partial charge in [0, 0.05) is 31.6 Å². The number of amidine groups is 1. The SMILES string of the molecule is CCCN(CCC)C(=O)C1=Cc2nn(CCCCCN)cc2N=C(N)C1. The largest absolute Gasteiger partial charge is 0.387 e. The number of nitrogens with two attached hydrogens (primary N) is 2. The third kappa shape index (κ3) is 5.42. The number of fused-ring (bicyclic) bond motifs is 1. The third-order valence-electron chi connectivity index (χ3n) is 4.36. The Morgan fingerprint density at radius 1 is 1.23 bits per heavy atom. The van der Waals surface area contributed by atoms with E-state index in [0.29, 0.717) is 17.8 Å². The Bertz CT molecular complexity index is 655. The molecular formula is C19H32N6O. The topological polar surface area (TPSA) is 103 Å². The van der Waals surface area contributed by atoms with Crippen LogP contribution in [0, 0.1) is 0 Å². The van der Waals surface area contributed by atoms with E-state index < -0.39 is 0 Å². The lowest BCUT2D eigenvalue weighted by atomic mass is 10.1. The van der Waals surface area contributed by atoms with Crippen LogP contribution >= 0.6 is 0 Å². The maximum atomic E-state index is 12.9. The Morgan fingerprint density at radius 3 is 2.62 bits per heavy atom. The van der Waals surface area contributed by atoms with Gasteiger partial charge < -0.3 is 16.4 Å². The van der Waals surface area contributed by atoms with E-state index in [1.54, 1.807) is 0 Å². The van der Waals surface area contributed by atoms with E-state index in [9.17, 15) is 4.79 Å². The van der Waals surface area contributed by atoms with Crippen LogP contribution in [-0.2, 0) is 11.3 Å². The summed E-state index contributed by atoms with van der Waals surface area (Å²) in [6.07, 6.45) is 9.13. The second-order valence-electron chi connectivity index (χ2n) is 6.75. The smallest absolute Gasteiger partial charge is 0.250 e. The van der Waals surface area contributed by atoms with Gasteiger partial charge in [-0.05, 0) is 38.3 Å². The molecule has 1 aromatic heterocycles. The van der Waals surface area contributed by atoms with Crippen molar-refractivity contribution >= 4 is 23.5 Å². The molecule has 0 fully saturated rings. The molecule has 7 nitrogen and oxygen atoms in total. The zero-order valence-corrected chi connectivity index (χ0v) is 16.1. The van der Waals surface area contributed by atoms with Gasteiger partial charge >= 0.3 is 0 Å². The van der Waals surface area contributed by atoms with Gasteiger partial charge in [-0.1, -0.05) is 20.3 Å². The highest BCUT2D eigenvalue weighted by atomic mass is 16.2. The first-order valence-corrected chi connectivity index (χ1v) is 9.69. The molecule has 0 aromatic carbocycles. The molecule has 7 heteroatoms. The molecule has 1 amide bonds. The van der Waals surface area contributed by atoms with Crippen LogP contribution in [0.2, 0.25) is 0 Å². The Kier molecular flexibility index (Phi) is 7.84. The molecule has 2 rings (SSSR count). The summed E-state index contributed by atoms with van der Waals surface area (Å²) in [5.74, 6) is 0.496. The number of hydrogen-bond acceptors (Lipinski definition) is 5. The lowest BCUT2D eigenvalue weighted by Gasteiger charge is -2.22. The van der Waals surface area contributed by atoms with E-state index in [4.69, 9.17) is 11.5 Å². The van der Waals surface area contributed by atoms with Gasteiger partial charge in [-0.15, -0.1) is 0 Å². The quantitative estimate of drug-likeness (QED) is 0.626. The van der Waals surface area contributed by atoms with Gasteiger partial charge in [0.15, 0.2) is 0 Å². The molecule has 0 atom stereocenters. The molecule has 0 unspecified atom stereocenters. The number of aromatic nitrogens is 2. The van der Waals surface area contributed by atoms with Gasteiger partial charge in [0.05, 0.1) is 6.20 Å². The minimum Gasteiger partial charge on any atom is -0.387 e. The second-order valence-corrected chi connectivity index (χ2v) is 6.75. The lowest BCUT2D eigenvalue weighted by molar-refractivity contribution is -0.127. The highest BCUT2D eigenvalue weighted by molar-refractivity contribution is 6.05. The van der Waals surface area contributed by atoms with Crippen molar-refractivity contribution in [3.05, 3.63) is 17.5 Å². The summed E-state index contributed by atoms with van der Waals surface area (Å²) in [5.41, 5.74) is 13.7. The van der Waals surface area contributed by atoms with E-state index in [2.05, 4.69) is 23.9 Å². The first kappa shape index (κ1) is 20.2. The van der Waals surface area contributed by atoms with Crippen LogP contribution in [-0.4, -0.2) is 46.1 Å². The summed E-state index contributed by atoms with van der Waals surface area (Å²) in [7, 11) is 0. The number of carbonyl (C=O) groups is 1. The maximum Gasteiger partial charge on any atom is 0.250 e. The summed E-state index contributed by atoms with van der Waals surface area (Å²) < 4.78 is 1.89. The van der Waals surface area contributed by atoms with Crippen molar-refractivity contribution in [2.24, 2.45) is 16.5 Å². The Morgan fingerprint density at radius 2 is 1.96 bits per heavy atom. The van der Waals surface area contributed by atoms with Gasteiger partial charge in [-0.25, -0.2) is 4.99 Å². The number of aryl methyl sites for hydroxylation is 1. The summed E-state index contributed by atoms with van der Waals surface area (Å²) in [5, 5.41) is 4.60. The summed E-state index contributed by atoms with van der Waals surface area (Å²) in [6.45, 7) is 7.20. The molecule has 1 aliphatic heterocycles. The van der Waals surface area contributed by atoms with Crippen molar-refractivity contribution in [2.75, 3.05) is 19.6 Å². The molecule has 0 saturated carbocycles. The zero-order chi connectivity index (χ0) is 18.9. The molecule has 4 N–H and O–H groups in total. The van der Waals surface area contributed by atoms with Gasteiger partial charge in [0.2, 0.25) is 5.91 Å². The number of hydrogen-bond donors (Lipinski definition) is 2. The fraction of sp³-hybridized carbons (Fsp3) is 0.632. The third-order valence-corrected chi connectivity index (χ3v) is 4.36. The molecular weight excluding hydrogens is 328 g/mol. The Hall–Kier alpha value is -2.15. The minimum absolute atomic E-state index is 0.0391. The molecule has 144 valence electrons. The molecule has 26 heavy (non-hydrogen) atoms. The van der Waals surface area contributed by atoms with Crippen LogP contribution in [0.25, 0.3) is 6.08 Å². The molecule has 0 saturated heterocycles. The van der Waals surface area contributed by atoms with Crippen molar-refractivity contribution in [1.82, 2.24) is 14.7 Å². The second kappa shape index (κ2) is 10.1. The first-order valence-electron chi connectivity index (χ1n) is 9.69. The van der Waals surface area contributed by atoms with E-state index in [1.165, 1.54) is 0 Å². The number of unbranched alkanes of at least 4 members (excludes halogenated alkanes) is 2. The first-order chi connectivity index (χ1) is 12.6. The molecule has 1 aromatic rings. The molecule has 1 aliphatic rings. The van der Waals surface area contributed by atoms with Crippen molar-refractivity contribution in [3.63, 3.8) is 0 Å². The van der Waals surface area contributed by atoms with Gasteiger partial charge in [0.1, 0.15) is 17.2 Å². The zero-order valence-electron chi connectivity index (χ0n) is 16.1. The van der Waals surface area contributed by atoms with Crippen LogP contribution in [0.15, 0.2) is 16.8 Å². The molecule has 2 heterocycles. The highest BCUT2D eigenvalue weighted by Crippen LogP contribution is 2.26. The van der Waals surface area contributed by atoms with E-state index in [0.717, 1.165) is 69.7 Å². The van der Waals surface area contributed by atoms with E-state index >= 15 is 0 Å². The predicted octanol–water partition coefficient (Wildman–Crippen LogP) is 2.44. The number of carbonyl (C=O) groups excluding carboxylic acids is 1. The molecule has 0 aliphatic carbocycles. The lowest BCUT2D eigenvalue weighted by Crippen LogP contribution is -2.34. The van der Waals surface area contributed by atoms with Crippen molar-refractivity contribution in [1.29, 1.82) is 0 Å². The number of rotatable bonds is 10. The summed E-state index contributed by atoms with van der Waals surface area (Å²) in [4.78, 5) is 19.3. The monoisotopic (exact) mass is 360 g/mol. The minimum atomic E-state index is 0.0391. The standard InChI is InChI=1S/C19H32N6O/c1-3-9-24(10-4-2)19(26)15-12-16-17(22-18(21)13-15)14-25(23-16)11-7-5-6-8-20/h12,14H,3-11,13,20H2,1-2H3,(H2,21,22). The van der Waals surface area contributed by atoms with Crippen LogP contribution in [0.3, 0.4) is 0 Å². The van der Waals surface area contributed by atoms with Crippen molar-refractivity contribution < 1.29 is 4.79 Å². The normalized spacial score (nSPS) is 13.7. The molecule has 0 bridgehead atoms. The van der Waals surface area contributed by atoms with Crippen LogP contribution in [0.1, 0.15) is 58.1 Å². The Balaban J connectivity index is 2.19. The average molecular weight is 361 g/mol. The van der Waals surface area contributed by atoms with Crippen LogP contribution in [0.5, 0.6) is 0 Å². The summed E-state index contributed by atoms with van der Waals surface area (Å²) in [6, 6.07) is 0. The summed E-state index contributed by atoms with van der Waals surface area (Å²) >= 11 is 0. The van der Waals surface area contributed by atoms with Gasteiger partial charge in [0.25, 0.3) is 0 Å². The highest BCUT2D eigenvalue weighted by Gasteiger charge is 2.22. The number of nitrogens with zero attached hydrogens (tertiary/aromatic N) is 4. The number of aliphatic imine (C=N–C) groups is 1. The predicted molar refractivity (Wildman–Crippen MR) is 106 cm³/mol.